The fourth-order valence-electron chi connectivity index (χ4n) is 1.59. The van der Waals surface area contributed by atoms with E-state index < -0.39 is 0 Å². The van der Waals surface area contributed by atoms with Gasteiger partial charge in [-0.1, -0.05) is 0 Å². The number of ether oxygens (including phenoxy) is 2. The molecule has 0 unspecified atom stereocenters. The Hall–Kier alpha value is -0.390. The van der Waals surface area contributed by atoms with Crippen LogP contribution in [0.3, 0.4) is 0 Å². The quantitative estimate of drug-likeness (QED) is 0.520. The molecule has 2 N–H and O–H groups in total. The van der Waals surface area contributed by atoms with Gasteiger partial charge in [-0.25, -0.2) is 0 Å². The van der Waals surface area contributed by atoms with Crippen molar-refractivity contribution < 1.29 is 9.47 Å². The van der Waals surface area contributed by atoms with Crippen LogP contribution in [-0.4, -0.2) is 44.6 Å². The summed E-state index contributed by atoms with van der Waals surface area (Å²) in [7, 11) is 3.44. The molecule has 0 spiro atoms. The molecule has 4 nitrogen and oxygen atoms in total. The normalized spacial score (nSPS) is 18.0. The lowest BCUT2D eigenvalue weighted by atomic mass is 9.80. The highest BCUT2D eigenvalue weighted by Crippen LogP contribution is 2.34. The van der Waals surface area contributed by atoms with E-state index in [-0.39, 0.29) is 5.60 Å². The first-order valence-electron chi connectivity index (χ1n) is 5.28. The molecule has 0 saturated heterocycles. The molecule has 88 valence electrons. The van der Waals surface area contributed by atoms with Crippen molar-refractivity contribution in [3.05, 3.63) is 0 Å². The van der Waals surface area contributed by atoms with E-state index in [0.717, 1.165) is 25.9 Å². The zero-order chi connectivity index (χ0) is 11.1. The molecule has 1 aliphatic carbocycles. The van der Waals surface area contributed by atoms with Crippen LogP contribution in [0.15, 0.2) is 0 Å². The Morgan fingerprint density at radius 3 is 2.53 bits per heavy atom. The van der Waals surface area contributed by atoms with Crippen LogP contribution < -0.4 is 10.6 Å². The molecular weight excluding hydrogens is 212 g/mol. The lowest BCUT2D eigenvalue weighted by Crippen LogP contribution is -2.51. The zero-order valence-corrected chi connectivity index (χ0v) is 10.3. The standard InChI is InChI=1S/C10H20N2O2S/c1-13-7-6-11-9(15)12-8-10(14-2)4-3-5-10/h3-8H2,1-2H3,(H2,11,12,15). The number of thiocarbonyl (C=S) groups is 1. The molecular formula is C10H20N2O2S. The van der Waals surface area contributed by atoms with E-state index in [1.165, 1.54) is 6.42 Å². The third kappa shape index (κ3) is 3.93. The molecule has 0 heterocycles. The lowest BCUT2D eigenvalue weighted by molar-refractivity contribution is -0.0665. The minimum Gasteiger partial charge on any atom is -0.383 e. The van der Waals surface area contributed by atoms with Gasteiger partial charge < -0.3 is 20.1 Å². The first-order valence-corrected chi connectivity index (χ1v) is 5.69. The summed E-state index contributed by atoms with van der Waals surface area (Å²) >= 11 is 5.12. The first kappa shape index (κ1) is 12.7. The SMILES string of the molecule is COCCNC(=S)NCC1(OC)CCC1. The molecule has 1 fully saturated rings. The highest BCUT2D eigenvalue weighted by atomic mass is 32.1. The molecule has 0 amide bonds. The molecule has 15 heavy (non-hydrogen) atoms. The average Bonchev–Trinajstić information content (AvgIpc) is 2.17. The van der Waals surface area contributed by atoms with E-state index in [9.17, 15) is 0 Å². The Balaban J connectivity index is 2.10. The molecule has 0 aromatic heterocycles. The van der Waals surface area contributed by atoms with Crippen LogP contribution in [0.4, 0.5) is 0 Å². The maximum absolute atomic E-state index is 5.48. The van der Waals surface area contributed by atoms with Crippen LogP contribution in [0.1, 0.15) is 19.3 Å². The number of nitrogens with one attached hydrogen (secondary N) is 2. The molecule has 1 rings (SSSR count). The van der Waals surface area contributed by atoms with Gasteiger partial charge in [-0.2, -0.15) is 0 Å². The zero-order valence-electron chi connectivity index (χ0n) is 9.47. The van der Waals surface area contributed by atoms with Crippen LogP contribution in [0, 0.1) is 0 Å². The summed E-state index contributed by atoms with van der Waals surface area (Å²) in [4.78, 5) is 0. The average molecular weight is 232 g/mol. The fraction of sp³-hybridized carbons (Fsp3) is 0.900. The molecule has 0 atom stereocenters. The van der Waals surface area contributed by atoms with Crippen LogP contribution in [0.25, 0.3) is 0 Å². The third-order valence-electron chi connectivity index (χ3n) is 2.86. The highest BCUT2D eigenvalue weighted by Gasteiger charge is 2.36. The van der Waals surface area contributed by atoms with Crippen molar-refractivity contribution in [3.63, 3.8) is 0 Å². The van der Waals surface area contributed by atoms with Gasteiger partial charge in [-0.05, 0) is 31.5 Å². The molecule has 0 aromatic carbocycles. The van der Waals surface area contributed by atoms with Gasteiger partial charge in [0, 0.05) is 27.3 Å². The van der Waals surface area contributed by atoms with Gasteiger partial charge in [0.2, 0.25) is 0 Å². The van der Waals surface area contributed by atoms with Gasteiger partial charge in [-0.3, -0.25) is 0 Å². The van der Waals surface area contributed by atoms with Crippen LogP contribution in [0.2, 0.25) is 0 Å². The predicted octanol–water partition coefficient (Wildman–Crippen LogP) is 0.666. The smallest absolute Gasteiger partial charge is 0.166 e. The molecule has 1 saturated carbocycles. The number of rotatable bonds is 6. The number of hydrogen-bond donors (Lipinski definition) is 2. The summed E-state index contributed by atoms with van der Waals surface area (Å²) in [5.74, 6) is 0. The first-order chi connectivity index (χ1) is 7.22. The van der Waals surface area contributed by atoms with Gasteiger partial charge in [0.05, 0.1) is 12.2 Å². The van der Waals surface area contributed by atoms with Gasteiger partial charge in [0.1, 0.15) is 0 Å². The second kappa shape index (κ2) is 6.25. The van der Waals surface area contributed by atoms with Crippen molar-refractivity contribution in [1.82, 2.24) is 10.6 Å². The minimum absolute atomic E-state index is 0.0208. The largest absolute Gasteiger partial charge is 0.383 e. The van der Waals surface area contributed by atoms with E-state index in [1.807, 2.05) is 0 Å². The van der Waals surface area contributed by atoms with Crippen molar-refractivity contribution in [1.29, 1.82) is 0 Å². The van der Waals surface area contributed by atoms with E-state index in [4.69, 9.17) is 21.7 Å². The Morgan fingerprint density at radius 2 is 2.07 bits per heavy atom. The summed E-state index contributed by atoms with van der Waals surface area (Å²) < 4.78 is 10.4. The monoisotopic (exact) mass is 232 g/mol. The summed E-state index contributed by atoms with van der Waals surface area (Å²) in [6, 6.07) is 0. The van der Waals surface area contributed by atoms with E-state index in [2.05, 4.69) is 10.6 Å². The lowest BCUT2D eigenvalue weighted by Gasteiger charge is -2.40. The summed E-state index contributed by atoms with van der Waals surface area (Å²) in [5.41, 5.74) is 0.0208. The highest BCUT2D eigenvalue weighted by molar-refractivity contribution is 7.80. The maximum Gasteiger partial charge on any atom is 0.166 e. The van der Waals surface area contributed by atoms with Gasteiger partial charge in [-0.15, -0.1) is 0 Å². The van der Waals surface area contributed by atoms with E-state index in [0.29, 0.717) is 11.7 Å². The second-order valence-corrected chi connectivity index (χ2v) is 4.25. The van der Waals surface area contributed by atoms with Gasteiger partial charge in [0.15, 0.2) is 5.11 Å². The Bertz CT molecular complexity index is 202. The minimum atomic E-state index is 0.0208. The number of hydrogen-bond acceptors (Lipinski definition) is 3. The molecule has 0 aromatic rings. The van der Waals surface area contributed by atoms with E-state index in [1.54, 1.807) is 14.2 Å². The molecule has 5 heteroatoms. The topological polar surface area (TPSA) is 42.5 Å². The van der Waals surface area contributed by atoms with Gasteiger partial charge in [0.25, 0.3) is 0 Å². The summed E-state index contributed by atoms with van der Waals surface area (Å²) in [5, 5.41) is 6.92. The van der Waals surface area contributed by atoms with E-state index >= 15 is 0 Å². The van der Waals surface area contributed by atoms with Crippen molar-refractivity contribution in [2.24, 2.45) is 0 Å². The van der Waals surface area contributed by atoms with Gasteiger partial charge >= 0.3 is 0 Å². The fourth-order valence-corrected chi connectivity index (χ4v) is 1.77. The number of methoxy groups -OCH3 is 2. The van der Waals surface area contributed by atoms with Crippen molar-refractivity contribution in [3.8, 4) is 0 Å². The molecule has 0 radical (unpaired) electrons. The second-order valence-electron chi connectivity index (χ2n) is 3.84. The summed E-state index contributed by atoms with van der Waals surface area (Å²) in [6.07, 6.45) is 3.49. The van der Waals surface area contributed by atoms with Crippen molar-refractivity contribution >= 4 is 17.3 Å². The third-order valence-corrected chi connectivity index (χ3v) is 3.15. The van der Waals surface area contributed by atoms with Crippen LogP contribution in [0.5, 0.6) is 0 Å². The van der Waals surface area contributed by atoms with Crippen molar-refractivity contribution in [2.75, 3.05) is 33.9 Å². The van der Waals surface area contributed by atoms with Crippen molar-refractivity contribution in [2.45, 2.75) is 24.9 Å². The molecule has 0 aliphatic heterocycles. The maximum atomic E-state index is 5.48. The predicted molar refractivity (Wildman–Crippen MR) is 64.1 cm³/mol. The van der Waals surface area contributed by atoms with Crippen LogP contribution in [-0.2, 0) is 9.47 Å². The Kier molecular flexibility index (Phi) is 5.28. The summed E-state index contributed by atoms with van der Waals surface area (Å²) in [6.45, 7) is 2.20. The van der Waals surface area contributed by atoms with Crippen LogP contribution >= 0.6 is 12.2 Å². The molecule has 1 aliphatic rings. The molecule has 0 bridgehead atoms. The Labute approximate surface area is 96.7 Å². The Morgan fingerprint density at radius 1 is 1.33 bits per heavy atom.